The first-order valence-corrected chi connectivity index (χ1v) is 8.60. The SMILES string of the molecule is COC(=O)CN(Cc1ccccc1C)C(=O)c1ccn(-c2ccccc2)n1. The topological polar surface area (TPSA) is 64.4 Å². The lowest BCUT2D eigenvalue weighted by Crippen LogP contribution is -2.36. The van der Waals surface area contributed by atoms with Crippen molar-refractivity contribution >= 4 is 11.9 Å². The van der Waals surface area contributed by atoms with Crippen molar-refractivity contribution in [2.45, 2.75) is 13.5 Å². The molecular formula is C21H21N3O3. The van der Waals surface area contributed by atoms with Gasteiger partial charge in [-0.05, 0) is 36.2 Å². The quantitative estimate of drug-likeness (QED) is 0.632. The molecule has 0 saturated carbocycles. The van der Waals surface area contributed by atoms with Crippen LogP contribution in [0.4, 0.5) is 0 Å². The molecule has 0 N–H and O–H groups in total. The number of rotatable bonds is 6. The van der Waals surface area contributed by atoms with Gasteiger partial charge in [-0.25, -0.2) is 4.68 Å². The number of hydrogen-bond acceptors (Lipinski definition) is 4. The fraction of sp³-hybridized carbons (Fsp3) is 0.190. The minimum Gasteiger partial charge on any atom is -0.468 e. The molecule has 0 spiro atoms. The van der Waals surface area contributed by atoms with Crippen LogP contribution in [0.5, 0.6) is 0 Å². The van der Waals surface area contributed by atoms with E-state index in [0.29, 0.717) is 6.54 Å². The third-order valence-electron chi connectivity index (χ3n) is 4.29. The molecule has 1 amide bonds. The Morgan fingerprint density at radius 1 is 1.04 bits per heavy atom. The predicted molar refractivity (Wildman–Crippen MR) is 101 cm³/mol. The third-order valence-corrected chi connectivity index (χ3v) is 4.29. The Balaban J connectivity index is 1.85. The van der Waals surface area contributed by atoms with Gasteiger partial charge in [-0.2, -0.15) is 5.10 Å². The predicted octanol–water partition coefficient (Wildman–Crippen LogP) is 3.00. The van der Waals surface area contributed by atoms with Crippen molar-refractivity contribution < 1.29 is 14.3 Å². The first-order chi connectivity index (χ1) is 13.1. The Kier molecular flexibility index (Phi) is 5.66. The van der Waals surface area contributed by atoms with Gasteiger partial charge in [0.15, 0.2) is 5.69 Å². The van der Waals surface area contributed by atoms with Gasteiger partial charge in [-0.15, -0.1) is 0 Å². The number of carbonyl (C=O) groups excluding carboxylic acids is 2. The summed E-state index contributed by atoms with van der Waals surface area (Å²) in [6.07, 6.45) is 1.73. The smallest absolute Gasteiger partial charge is 0.325 e. The summed E-state index contributed by atoms with van der Waals surface area (Å²) >= 11 is 0. The minimum absolute atomic E-state index is 0.137. The van der Waals surface area contributed by atoms with Crippen molar-refractivity contribution in [3.63, 3.8) is 0 Å². The van der Waals surface area contributed by atoms with Crippen LogP contribution >= 0.6 is 0 Å². The number of ether oxygens (including phenoxy) is 1. The zero-order chi connectivity index (χ0) is 19.2. The number of benzene rings is 2. The van der Waals surface area contributed by atoms with E-state index < -0.39 is 5.97 Å². The molecule has 0 aliphatic rings. The number of para-hydroxylation sites is 1. The molecule has 0 atom stereocenters. The van der Waals surface area contributed by atoms with E-state index in [2.05, 4.69) is 5.10 Å². The average molecular weight is 363 g/mol. The average Bonchev–Trinajstić information content (AvgIpc) is 3.19. The Labute approximate surface area is 158 Å². The van der Waals surface area contributed by atoms with Gasteiger partial charge >= 0.3 is 5.97 Å². The van der Waals surface area contributed by atoms with Crippen molar-refractivity contribution in [1.29, 1.82) is 0 Å². The van der Waals surface area contributed by atoms with E-state index >= 15 is 0 Å². The van der Waals surface area contributed by atoms with Crippen LogP contribution in [0, 0.1) is 6.92 Å². The summed E-state index contributed by atoms with van der Waals surface area (Å²) in [5.41, 5.74) is 3.15. The highest BCUT2D eigenvalue weighted by Gasteiger charge is 2.22. The van der Waals surface area contributed by atoms with Gasteiger partial charge in [0.2, 0.25) is 0 Å². The summed E-state index contributed by atoms with van der Waals surface area (Å²) in [7, 11) is 1.31. The van der Waals surface area contributed by atoms with E-state index in [0.717, 1.165) is 16.8 Å². The fourth-order valence-corrected chi connectivity index (χ4v) is 2.74. The zero-order valence-corrected chi connectivity index (χ0v) is 15.3. The maximum atomic E-state index is 13.0. The number of nitrogens with zero attached hydrogens (tertiary/aromatic N) is 3. The van der Waals surface area contributed by atoms with Crippen molar-refractivity contribution in [2.24, 2.45) is 0 Å². The molecule has 1 heterocycles. The second kappa shape index (κ2) is 8.31. The number of esters is 1. The van der Waals surface area contributed by atoms with Crippen LogP contribution in [-0.4, -0.2) is 40.2 Å². The summed E-state index contributed by atoms with van der Waals surface area (Å²) in [4.78, 5) is 26.3. The molecule has 138 valence electrons. The lowest BCUT2D eigenvalue weighted by Gasteiger charge is -2.21. The minimum atomic E-state index is -0.473. The molecule has 0 bridgehead atoms. The Morgan fingerprint density at radius 3 is 2.44 bits per heavy atom. The van der Waals surface area contributed by atoms with Crippen LogP contribution in [0.25, 0.3) is 5.69 Å². The molecule has 0 fully saturated rings. The number of methoxy groups -OCH3 is 1. The number of carbonyl (C=O) groups is 2. The lowest BCUT2D eigenvalue weighted by atomic mass is 10.1. The van der Waals surface area contributed by atoms with Gasteiger partial charge in [0, 0.05) is 12.7 Å². The van der Waals surface area contributed by atoms with E-state index in [-0.39, 0.29) is 18.1 Å². The normalized spacial score (nSPS) is 10.4. The monoisotopic (exact) mass is 363 g/mol. The molecule has 3 aromatic rings. The molecule has 3 rings (SSSR count). The van der Waals surface area contributed by atoms with Crippen LogP contribution < -0.4 is 0 Å². The van der Waals surface area contributed by atoms with Crippen molar-refractivity contribution in [2.75, 3.05) is 13.7 Å². The summed E-state index contributed by atoms with van der Waals surface area (Å²) < 4.78 is 6.39. The highest BCUT2D eigenvalue weighted by atomic mass is 16.5. The molecule has 1 aromatic heterocycles. The van der Waals surface area contributed by atoms with Crippen LogP contribution in [-0.2, 0) is 16.1 Å². The Hall–Kier alpha value is -3.41. The molecule has 0 unspecified atom stereocenters. The van der Waals surface area contributed by atoms with Crippen molar-refractivity contribution in [1.82, 2.24) is 14.7 Å². The first-order valence-electron chi connectivity index (χ1n) is 8.60. The van der Waals surface area contributed by atoms with E-state index in [1.54, 1.807) is 16.9 Å². The molecule has 0 aliphatic heterocycles. The molecule has 0 saturated heterocycles. The highest BCUT2D eigenvalue weighted by Crippen LogP contribution is 2.14. The Bertz CT molecular complexity index is 935. The van der Waals surface area contributed by atoms with Crippen LogP contribution in [0.1, 0.15) is 21.6 Å². The van der Waals surface area contributed by atoms with Gasteiger partial charge in [-0.3, -0.25) is 9.59 Å². The molecule has 6 heteroatoms. The van der Waals surface area contributed by atoms with Gasteiger partial charge < -0.3 is 9.64 Å². The molecule has 27 heavy (non-hydrogen) atoms. The molecule has 0 aliphatic carbocycles. The van der Waals surface area contributed by atoms with Crippen molar-refractivity contribution in [3.05, 3.63) is 83.7 Å². The summed E-state index contributed by atoms with van der Waals surface area (Å²) in [5, 5.41) is 4.37. The fourth-order valence-electron chi connectivity index (χ4n) is 2.74. The van der Waals surface area contributed by atoms with Crippen molar-refractivity contribution in [3.8, 4) is 5.69 Å². The number of amides is 1. The van der Waals surface area contributed by atoms with Gasteiger partial charge in [0.1, 0.15) is 6.54 Å². The second-order valence-electron chi connectivity index (χ2n) is 6.14. The van der Waals surface area contributed by atoms with Crippen LogP contribution in [0.3, 0.4) is 0 Å². The highest BCUT2D eigenvalue weighted by molar-refractivity contribution is 5.94. The second-order valence-corrected chi connectivity index (χ2v) is 6.14. The Morgan fingerprint density at radius 2 is 1.74 bits per heavy atom. The van der Waals surface area contributed by atoms with Gasteiger partial charge in [0.05, 0.1) is 12.8 Å². The molecular weight excluding hydrogens is 342 g/mol. The van der Waals surface area contributed by atoms with E-state index in [1.807, 2.05) is 61.5 Å². The van der Waals surface area contributed by atoms with E-state index in [1.165, 1.54) is 12.0 Å². The van der Waals surface area contributed by atoms with Gasteiger partial charge in [0.25, 0.3) is 5.91 Å². The standard InChI is InChI=1S/C21H21N3O3/c1-16-8-6-7-9-17(16)14-23(15-20(25)27-2)21(26)19-12-13-24(22-19)18-10-4-3-5-11-18/h3-13H,14-15H2,1-2H3. The van der Waals surface area contributed by atoms with Gasteiger partial charge in [-0.1, -0.05) is 42.5 Å². The maximum absolute atomic E-state index is 13.0. The molecule has 2 aromatic carbocycles. The number of aromatic nitrogens is 2. The largest absolute Gasteiger partial charge is 0.468 e. The van der Waals surface area contributed by atoms with E-state index in [9.17, 15) is 9.59 Å². The lowest BCUT2D eigenvalue weighted by molar-refractivity contribution is -0.141. The van der Waals surface area contributed by atoms with E-state index in [4.69, 9.17) is 4.74 Å². The number of hydrogen-bond donors (Lipinski definition) is 0. The van der Waals surface area contributed by atoms with Crippen LogP contribution in [0.2, 0.25) is 0 Å². The number of aryl methyl sites for hydroxylation is 1. The summed E-state index contributed by atoms with van der Waals surface area (Å²) in [5.74, 6) is -0.794. The maximum Gasteiger partial charge on any atom is 0.325 e. The molecule has 6 nitrogen and oxygen atoms in total. The van der Waals surface area contributed by atoms with Crippen LogP contribution in [0.15, 0.2) is 66.9 Å². The first kappa shape index (κ1) is 18.4. The summed E-state index contributed by atoms with van der Waals surface area (Å²) in [6, 6.07) is 18.9. The summed E-state index contributed by atoms with van der Waals surface area (Å²) in [6.45, 7) is 2.14. The zero-order valence-electron chi connectivity index (χ0n) is 15.3. The molecule has 0 radical (unpaired) electrons. The third kappa shape index (κ3) is 4.41.